The summed E-state index contributed by atoms with van der Waals surface area (Å²) < 4.78 is 13.1. The zero-order chi connectivity index (χ0) is 21.7. The molecule has 0 saturated heterocycles. The average Bonchev–Trinajstić information content (AvgIpc) is 3.10. The predicted octanol–water partition coefficient (Wildman–Crippen LogP) is 4.66. The maximum Gasteiger partial charge on any atom is 0.234 e. The highest BCUT2D eigenvalue weighted by Gasteiger charge is 2.19. The normalized spacial score (nSPS) is 11.8. The van der Waals surface area contributed by atoms with Crippen LogP contribution in [0.15, 0.2) is 47.6 Å². The van der Waals surface area contributed by atoms with E-state index in [0.717, 1.165) is 5.56 Å². The number of aryl methyl sites for hydroxylation is 1. The second-order valence-electron chi connectivity index (χ2n) is 6.61. The van der Waals surface area contributed by atoms with Crippen LogP contribution in [0.3, 0.4) is 0 Å². The lowest BCUT2D eigenvalue weighted by Gasteiger charge is -2.16. The van der Waals surface area contributed by atoms with Gasteiger partial charge >= 0.3 is 0 Å². The maximum absolute atomic E-state index is 12.3. The molecular weight excluding hydrogens is 424 g/mol. The van der Waals surface area contributed by atoms with Crippen LogP contribution in [0.4, 0.5) is 5.69 Å². The van der Waals surface area contributed by atoms with E-state index < -0.39 is 0 Å². The van der Waals surface area contributed by atoms with Gasteiger partial charge in [0.15, 0.2) is 28.6 Å². The molecule has 30 heavy (non-hydrogen) atoms. The molecule has 0 fully saturated rings. The molecule has 1 unspecified atom stereocenters. The minimum atomic E-state index is -0.350. The van der Waals surface area contributed by atoms with E-state index in [1.54, 1.807) is 13.2 Å². The van der Waals surface area contributed by atoms with E-state index in [9.17, 15) is 4.79 Å². The molecule has 1 N–H and O–H groups in total. The number of thioether (sulfide) groups is 1. The molecule has 2 aromatic carbocycles. The third-order valence-electron chi connectivity index (χ3n) is 4.39. The van der Waals surface area contributed by atoms with Crippen molar-refractivity contribution in [1.29, 1.82) is 0 Å². The van der Waals surface area contributed by atoms with Gasteiger partial charge in [-0.3, -0.25) is 4.79 Å². The Morgan fingerprint density at radius 1 is 1.23 bits per heavy atom. The molecule has 0 aliphatic carbocycles. The van der Waals surface area contributed by atoms with Gasteiger partial charge in [-0.25, -0.2) is 0 Å². The van der Waals surface area contributed by atoms with Gasteiger partial charge < -0.3 is 19.4 Å². The Bertz CT molecular complexity index is 1040. The number of methoxy groups -OCH3 is 1. The lowest BCUT2D eigenvalue weighted by atomic mass is 10.2. The van der Waals surface area contributed by atoms with E-state index in [0.29, 0.717) is 33.2 Å². The fourth-order valence-electron chi connectivity index (χ4n) is 2.76. The minimum absolute atomic E-state index is 0.150. The highest BCUT2D eigenvalue weighted by atomic mass is 35.5. The Morgan fingerprint density at radius 2 is 1.97 bits per heavy atom. The van der Waals surface area contributed by atoms with Gasteiger partial charge in [-0.05, 0) is 43.7 Å². The quantitative estimate of drug-likeness (QED) is 0.507. The largest absolute Gasteiger partial charge is 0.493 e. The molecule has 0 spiro atoms. The number of hydrogen-bond acceptors (Lipinski definition) is 6. The topological polar surface area (TPSA) is 78.3 Å². The number of para-hydroxylation sites is 2. The molecule has 0 saturated carbocycles. The van der Waals surface area contributed by atoms with Crippen LogP contribution in [-0.2, 0) is 11.8 Å². The number of aromatic nitrogens is 3. The van der Waals surface area contributed by atoms with Crippen molar-refractivity contribution in [3.8, 4) is 11.5 Å². The fraction of sp³-hybridized carbons (Fsp3) is 0.286. The van der Waals surface area contributed by atoms with E-state index in [2.05, 4.69) is 15.5 Å². The molecule has 0 bridgehead atoms. The van der Waals surface area contributed by atoms with E-state index in [-0.39, 0.29) is 17.8 Å². The van der Waals surface area contributed by atoms with Crippen LogP contribution < -0.4 is 14.8 Å². The van der Waals surface area contributed by atoms with Gasteiger partial charge in [-0.1, -0.05) is 41.6 Å². The standard InChI is InChI=1S/C21H23ClN4O3S/c1-13-9-10-15(11-16(13)22)23-19(27)12-30-21-25-24-20(26(21)3)14(2)29-18-8-6-5-7-17(18)28-4/h5-11,14H,12H2,1-4H3,(H,23,27). The van der Waals surface area contributed by atoms with Gasteiger partial charge in [0.1, 0.15) is 0 Å². The Labute approximate surface area is 184 Å². The SMILES string of the molecule is COc1ccccc1OC(C)c1nnc(SCC(=O)Nc2ccc(C)c(Cl)c2)n1C. The lowest BCUT2D eigenvalue weighted by molar-refractivity contribution is -0.113. The molecule has 9 heteroatoms. The Kier molecular flexibility index (Phi) is 7.23. The smallest absolute Gasteiger partial charge is 0.234 e. The summed E-state index contributed by atoms with van der Waals surface area (Å²) in [7, 11) is 3.44. The van der Waals surface area contributed by atoms with Gasteiger partial charge in [0.25, 0.3) is 0 Å². The summed E-state index contributed by atoms with van der Waals surface area (Å²) in [4.78, 5) is 12.3. The van der Waals surface area contributed by atoms with E-state index in [1.807, 2.05) is 61.9 Å². The summed E-state index contributed by atoms with van der Waals surface area (Å²) in [6.45, 7) is 3.80. The Hall–Kier alpha value is -2.71. The number of nitrogens with zero attached hydrogens (tertiary/aromatic N) is 3. The molecular formula is C21H23ClN4O3S. The average molecular weight is 447 g/mol. The van der Waals surface area contributed by atoms with Crippen molar-refractivity contribution in [3.63, 3.8) is 0 Å². The molecule has 1 heterocycles. The third-order valence-corrected chi connectivity index (χ3v) is 5.82. The first-order valence-electron chi connectivity index (χ1n) is 9.26. The summed E-state index contributed by atoms with van der Waals surface area (Å²) in [6, 6.07) is 12.8. The number of amides is 1. The number of carbonyl (C=O) groups excluding carboxylic acids is 1. The number of rotatable bonds is 8. The van der Waals surface area contributed by atoms with E-state index in [4.69, 9.17) is 21.1 Å². The molecule has 1 atom stereocenters. The van der Waals surface area contributed by atoms with Crippen LogP contribution in [0.2, 0.25) is 5.02 Å². The molecule has 1 aromatic heterocycles. The molecule has 7 nitrogen and oxygen atoms in total. The summed E-state index contributed by atoms with van der Waals surface area (Å²) >= 11 is 7.40. The molecule has 0 aliphatic heterocycles. The van der Waals surface area contributed by atoms with Gasteiger partial charge in [0.2, 0.25) is 5.91 Å². The van der Waals surface area contributed by atoms with Crippen LogP contribution in [0, 0.1) is 6.92 Å². The zero-order valence-electron chi connectivity index (χ0n) is 17.2. The first-order chi connectivity index (χ1) is 14.4. The number of ether oxygens (including phenoxy) is 2. The fourth-order valence-corrected chi connectivity index (χ4v) is 3.66. The number of anilines is 1. The number of hydrogen-bond donors (Lipinski definition) is 1. The van der Waals surface area contributed by atoms with Crippen LogP contribution in [-0.4, -0.2) is 33.5 Å². The summed E-state index contributed by atoms with van der Waals surface area (Å²) in [5.41, 5.74) is 1.62. The lowest BCUT2D eigenvalue weighted by Crippen LogP contribution is -2.15. The second-order valence-corrected chi connectivity index (χ2v) is 7.96. The van der Waals surface area contributed by atoms with Crippen LogP contribution in [0.5, 0.6) is 11.5 Å². The maximum atomic E-state index is 12.3. The number of benzene rings is 2. The second kappa shape index (κ2) is 9.86. The molecule has 158 valence electrons. The predicted molar refractivity (Wildman–Crippen MR) is 119 cm³/mol. The van der Waals surface area contributed by atoms with Crippen molar-refractivity contribution in [2.45, 2.75) is 25.1 Å². The highest BCUT2D eigenvalue weighted by Crippen LogP contribution is 2.30. The van der Waals surface area contributed by atoms with Crippen LogP contribution in [0.25, 0.3) is 0 Å². The Balaban J connectivity index is 1.60. The molecule has 1 amide bonds. The van der Waals surface area contributed by atoms with Crippen molar-refractivity contribution in [2.75, 3.05) is 18.2 Å². The minimum Gasteiger partial charge on any atom is -0.493 e. The molecule has 3 rings (SSSR count). The van der Waals surface area contributed by atoms with Crippen molar-refractivity contribution in [2.24, 2.45) is 7.05 Å². The van der Waals surface area contributed by atoms with Gasteiger partial charge in [-0.15, -0.1) is 10.2 Å². The number of halogens is 1. The molecule has 0 aliphatic rings. The summed E-state index contributed by atoms with van der Waals surface area (Å²) in [6.07, 6.45) is -0.350. The van der Waals surface area contributed by atoms with Crippen LogP contribution >= 0.6 is 23.4 Å². The highest BCUT2D eigenvalue weighted by molar-refractivity contribution is 7.99. The molecule has 3 aromatic rings. The van der Waals surface area contributed by atoms with E-state index in [1.165, 1.54) is 11.8 Å². The van der Waals surface area contributed by atoms with Gasteiger partial charge in [-0.2, -0.15) is 0 Å². The third kappa shape index (κ3) is 5.25. The summed E-state index contributed by atoms with van der Waals surface area (Å²) in [5.74, 6) is 1.96. The zero-order valence-corrected chi connectivity index (χ0v) is 18.8. The van der Waals surface area contributed by atoms with Gasteiger partial charge in [0, 0.05) is 17.8 Å². The van der Waals surface area contributed by atoms with Crippen molar-refractivity contribution in [3.05, 3.63) is 58.9 Å². The Morgan fingerprint density at radius 3 is 2.67 bits per heavy atom. The van der Waals surface area contributed by atoms with Crippen molar-refractivity contribution < 1.29 is 14.3 Å². The number of carbonyl (C=O) groups is 1. The summed E-state index contributed by atoms with van der Waals surface area (Å²) in [5, 5.41) is 12.5. The monoisotopic (exact) mass is 446 g/mol. The van der Waals surface area contributed by atoms with Crippen LogP contribution in [0.1, 0.15) is 24.4 Å². The molecule has 0 radical (unpaired) electrons. The first-order valence-corrected chi connectivity index (χ1v) is 10.6. The van der Waals surface area contributed by atoms with Gasteiger partial charge in [0.05, 0.1) is 12.9 Å². The van der Waals surface area contributed by atoms with Crippen molar-refractivity contribution >= 4 is 35.0 Å². The first kappa shape index (κ1) is 22.0. The van der Waals surface area contributed by atoms with E-state index >= 15 is 0 Å². The number of nitrogens with one attached hydrogen (secondary N) is 1. The van der Waals surface area contributed by atoms with Crippen molar-refractivity contribution in [1.82, 2.24) is 14.8 Å².